The van der Waals surface area contributed by atoms with Gasteiger partial charge in [0.25, 0.3) is 0 Å². The third-order valence-corrected chi connectivity index (χ3v) is 13.2. The fourth-order valence-electron chi connectivity index (χ4n) is 10.3. The van der Waals surface area contributed by atoms with Crippen LogP contribution in [-0.4, -0.2) is 137 Å². The van der Waals surface area contributed by atoms with E-state index in [9.17, 15) is 19.5 Å². The van der Waals surface area contributed by atoms with Gasteiger partial charge in [0.1, 0.15) is 42.3 Å². The Morgan fingerprint density at radius 1 is 1.07 bits per heavy atom. The van der Waals surface area contributed by atoms with Crippen LogP contribution in [0.4, 0.5) is 0 Å². The molecule has 6 heterocycles. The quantitative estimate of drug-likeness (QED) is 0.243. The van der Waals surface area contributed by atoms with E-state index in [-0.39, 0.29) is 43.9 Å². The maximum atomic E-state index is 15.1. The highest BCUT2D eigenvalue weighted by atomic mass is 16.7. The van der Waals surface area contributed by atoms with Crippen LogP contribution in [-0.2, 0) is 42.9 Å². The molecule has 0 amide bonds. The van der Waals surface area contributed by atoms with Gasteiger partial charge in [-0.3, -0.25) is 29.1 Å². The second kappa shape index (κ2) is 17.1. The average Bonchev–Trinajstić information content (AvgIpc) is 3.87. The maximum Gasteiger partial charge on any atom is 0.324 e. The molecule has 14 atom stereocenters. The molecule has 15 heteroatoms. The molecule has 4 saturated heterocycles. The van der Waals surface area contributed by atoms with Gasteiger partial charge in [-0.25, -0.2) is 0 Å². The van der Waals surface area contributed by atoms with Crippen LogP contribution in [0, 0.1) is 40.9 Å². The van der Waals surface area contributed by atoms with Gasteiger partial charge in [0.15, 0.2) is 29.1 Å². The number of cyclic esters (lactones) is 1. The van der Waals surface area contributed by atoms with Crippen LogP contribution in [0.25, 0.3) is 11.5 Å². The molecule has 4 aliphatic heterocycles. The number of carbonyl (C=O) groups excluding carboxylic acids is 4. The molecule has 0 bridgehead atoms. The van der Waals surface area contributed by atoms with Gasteiger partial charge in [-0.2, -0.15) is 0 Å². The Balaban J connectivity index is 1.42. The number of ketones is 2. The van der Waals surface area contributed by atoms with Gasteiger partial charge in [0.05, 0.1) is 17.8 Å². The molecular weight excluding hydrogens is 761 g/mol. The highest BCUT2D eigenvalue weighted by molar-refractivity contribution is 6.00. The van der Waals surface area contributed by atoms with E-state index in [1.165, 1.54) is 6.92 Å². The summed E-state index contributed by atoms with van der Waals surface area (Å²) in [5, 5.41) is 15.7. The first-order chi connectivity index (χ1) is 27.7. The summed E-state index contributed by atoms with van der Waals surface area (Å²) in [6.45, 7) is 14.1. The number of aliphatic hydroxyl groups excluding tert-OH is 1. The number of ether oxygens (including phenoxy) is 5. The van der Waals surface area contributed by atoms with Crippen molar-refractivity contribution in [2.45, 2.75) is 129 Å². The monoisotopic (exact) mass is 820 g/mol. The Morgan fingerprint density at radius 3 is 2.46 bits per heavy atom. The van der Waals surface area contributed by atoms with Crippen molar-refractivity contribution in [3.8, 4) is 23.3 Å². The summed E-state index contributed by atoms with van der Waals surface area (Å²) in [5.41, 5.74) is -2.99. The van der Waals surface area contributed by atoms with Crippen molar-refractivity contribution in [3.63, 3.8) is 0 Å². The van der Waals surface area contributed by atoms with Gasteiger partial charge in [0.2, 0.25) is 0 Å². The van der Waals surface area contributed by atoms with Crippen molar-refractivity contribution >= 4 is 23.5 Å². The predicted octanol–water partition coefficient (Wildman–Crippen LogP) is 3.70. The normalized spacial score (nSPS) is 39.6. The Morgan fingerprint density at radius 2 is 1.80 bits per heavy atom. The van der Waals surface area contributed by atoms with Crippen LogP contribution in [0.3, 0.4) is 0 Å². The molecule has 322 valence electrons. The van der Waals surface area contributed by atoms with E-state index >= 15 is 4.79 Å². The van der Waals surface area contributed by atoms with E-state index in [0.29, 0.717) is 23.6 Å². The predicted molar refractivity (Wildman–Crippen MR) is 213 cm³/mol. The van der Waals surface area contributed by atoms with E-state index in [4.69, 9.17) is 28.2 Å². The fraction of sp³-hybridized carbons (Fsp3) is 0.682. The summed E-state index contributed by atoms with van der Waals surface area (Å²) in [6.07, 6.45) is -2.23. The molecule has 3 unspecified atom stereocenters. The third kappa shape index (κ3) is 8.37. The highest BCUT2D eigenvalue weighted by Crippen LogP contribution is 2.55. The SMILES string of the molecule is CC[C@@H]1OC(=O)[C@H](C)C(=O)[C@H](C)[C@@H](O[C@@H]2O[C@H](C)C[C@H](N(C)C)[C@H]2O)[C@@](C)(OCC#Cc2cc(-c3ccccn3)on2)C[C@@H](C)C(=O)C2(C)CN(C)C3C(=O)O[C@@]1(C)C32. The highest BCUT2D eigenvalue weighted by Gasteiger charge is 2.70. The second-order valence-electron chi connectivity index (χ2n) is 17.9. The minimum Gasteiger partial charge on any atom is -0.458 e. The van der Waals surface area contributed by atoms with E-state index in [1.54, 1.807) is 52.2 Å². The molecule has 1 N–H and O–H groups in total. The molecule has 4 fully saturated rings. The number of aliphatic hydroxyl groups is 1. The molecule has 0 aliphatic carbocycles. The zero-order valence-electron chi connectivity index (χ0n) is 36.1. The summed E-state index contributed by atoms with van der Waals surface area (Å²) in [5.74, 6) is 0.768. The maximum absolute atomic E-state index is 15.1. The van der Waals surface area contributed by atoms with Crippen molar-refractivity contribution in [3.05, 3.63) is 36.2 Å². The van der Waals surface area contributed by atoms with Gasteiger partial charge < -0.3 is 38.2 Å². The largest absolute Gasteiger partial charge is 0.458 e. The van der Waals surface area contributed by atoms with Gasteiger partial charge in [-0.1, -0.05) is 44.8 Å². The Hall–Kier alpha value is -4.04. The van der Waals surface area contributed by atoms with Gasteiger partial charge in [-0.05, 0) is 86.2 Å². The number of carbonyl (C=O) groups is 4. The minimum absolute atomic E-state index is 0.0390. The lowest BCUT2D eigenvalue weighted by Gasteiger charge is -2.48. The van der Waals surface area contributed by atoms with Crippen LogP contribution in [0.1, 0.15) is 80.3 Å². The number of likely N-dealkylation sites (N-methyl/N-ethyl adjacent to an activating group) is 2. The van der Waals surface area contributed by atoms with E-state index in [1.807, 2.05) is 57.7 Å². The van der Waals surface area contributed by atoms with E-state index in [0.717, 1.165) is 0 Å². The Labute approximate surface area is 346 Å². The fourth-order valence-corrected chi connectivity index (χ4v) is 10.3. The van der Waals surface area contributed by atoms with Crippen LogP contribution in [0.2, 0.25) is 0 Å². The first-order valence-corrected chi connectivity index (χ1v) is 20.6. The topological polar surface area (TPSA) is 180 Å². The van der Waals surface area contributed by atoms with E-state index < -0.39 is 88.7 Å². The molecule has 0 aromatic carbocycles. The lowest BCUT2D eigenvalue weighted by molar-refractivity contribution is -0.296. The van der Waals surface area contributed by atoms with Crippen LogP contribution >= 0.6 is 0 Å². The summed E-state index contributed by atoms with van der Waals surface area (Å²) >= 11 is 0. The van der Waals surface area contributed by atoms with Crippen LogP contribution in [0.15, 0.2) is 35.0 Å². The standard InChI is InChI=1S/C44H60N4O11/c1-12-32-44(8)36-33(40(53)58-44)48(11)23-42(36,6)37(51)24(2)22-43(7,54-19-15-16-28-21-31(59-46-28)29-17-13-14-18-45-29)38(26(4)34(49)27(5)39(52)56-32)57-41-35(50)30(47(9)10)20-25(3)55-41/h13-14,17-18,21,24-27,30,32-33,35-36,38,41,50H,12,19-20,22-23H2,1-11H3/t24-,25-,26+,27-,30+,32+,33?,35-,36?,38-,41+,42?,43+,44-/m1/s1. The summed E-state index contributed by atoms with van der Waals surface area (Å²) in [6, 6.07) is 6.01. The van der Waals surface area contributed by atoms with Crippen LogP contribution in [0.5, 0.6) is 0 Å². The van der Waals surface area contributed by atoms with Gasteiger partial charge in [0, 0.05) is 48.0 Å². The summed E-state index contributed by atoms with van der Waals surface area (Å²) in [4.78, 5) is 65.4. The number of nitrogens with zero attached hydrogens (tertiary/aromatic N) is 4. The number of hydrogen-bond acceptors (Lipinski definition) is 15. The summed E-state index contributed by atoms with van der Waals surface area (Å²) < 4.78 is 37.4. The number of likely N-dealkylation sites (tertiary alicyclic amines) is 1. The molecule has 4 aliphatic rings. The molecule has 0 saturated carbocycles. The number of rotatable bonds is 7. The number of hydrogen-bond donors (Lipinski definition) is 1. The van der Waals surface area contributed by atoms with Crippen LogP contribution < -0.4 is 0 Å². The Bertz CT molecular complexity index is 1950. The van der Waals surface area contributed by atoms with Gasteiger partial charge in [-0.15, -0.1) is 0 Å². The van der Waals surface area contributed by atoms with Crippen molar-refractivity contribution in [2.24, 2.45) is 29.1 Å². The zero-order valence-corrected chi connectivity index (χ0v) is 36.1. The first kappa shape index (κ1) is 44.5. The molecule has 15 nitrogen and oxygen atoms in total. The molecule has 2 aromatic heterocycles. The van der Waals surface area contributed by atoms with Crippen molar-refractivity contribution in [2.75, 3.05) is 34.3 Å². The lowest BCUT2D eigenvalue weighted by atomic mass is 9.62. The van der Waals surface area contributed by atoms with Crippen molar-refractivity contribution < 1.29 is 52.5 Å². The number of aromatic nitrogens is 2. The Kier molecular flexibility index (Phi) is 12.9. The molecule has 0 spiro atoms. The number of Topliss-reactive ketones (excluding diaryl/α,β-unsaturated/α-hetero) is 2. The smallest absolute Gasteiger partial charge is 0.324 e. The molecular formula is C44H60N4O11. The molecule has 2 aromatic rings. The molecule has 59 heavy (non-hydrogen) atoms. The average molecular weight is 821 g/mol. The number of pyridine rings is 1. The lowest BCUT2D eigenvalue weighted by Crippen LogP contribution is -2.60. The number of esters is 2. The van der Waals surface area contributed by atoms with E-state index in [2.05, 4.69) is 22.0 Å². The second-order valence-corrected chi connectivity index (χ2v) is 17.9. The zero-order chi connectivity index (χ0) is 43.2. The molecule has 6 rings (SSSR count). The van der Waals surface area contributed by atoms with Crippen molar-refractivity contribution in [1.29, 1.82) is 0 Å². The van der Waals surface area contributed by atoms with Gasteiger partial charge >= 0.3 is 11.9 Å². The molecule has 0 radical (unpaired) electrons. The van der Waals surface area contributed by atoms with Crippen molar-refractivity contribution in [1.82, 2.24) is 19.9 Å². The summed E-state index contributed by atoms with van der Waals surface area (Å²) in [7, 11) is 5.51. The third-order valence-electron chi connectivity index (χ3n) is 13.2. The first-order valence-electron chi connectivity index (χ1n) is 20.6. The minimum atomic E-state index is -1.45.